The molecule has 3 N–H and O–H groups in total. The van der Waals surface area contributed by atoms with Gasteiger partial charge in [0.1, 0.15) is 5.84 Å². The second-order valence-electron chi connectivity index (χ2n) is 4.94. The summed E-state index contributed by atoms with van der Waals surface area (Å²) in [6.45, 7) is 6.54. The Hall–Kier alpha value is -0.700. The lowest BCUT2D eigenvalue weighted by molar-refractivity contribution is 0.0903. The van der Waals surface area contributed by atoms with Crippen molar-refractivity contribution in [2.75, 3.05) is 45.1 Å². The van der Waals surface area contributed by atoms with E-state index in [1.165, 1.54) is 4.31 Å². The van der Waals surface area contributed by atoms with Crippen molar-refractivity contribution >= 4 is 15.9 Å². The number of nitrogens with two attached hydrogens (primary N) is 1. The molecule has 0 aromatic rings. The Morgan fingerprint density at radius 3 is 2.37 bits per heavy atom. The zero-order chi connectivity index (χ0) is 14.5. The summed E-state index contributed by atoms with van der Waals surface area (Å²) in [5.41, 5.74) is 5.33. The average molecular weight is 292 g/mol. The number of hydrogen-bond acceptors (Lipinski definition) is 5. The minimum Gasteiger partial charge on any atom is -0.387 e. The smallest absolute Gasteiger partial charge is 0.216 e. The predicted molar refractivity (Wildman–Crippen MR) is 74.8 cm³/mol. The number of rotatable bonds is 7. The molecule has 0 radical (unpaired) electrons. The van der Waals surface area contributed by atoms with Crippen LogP contribution in [0.15, 0.2) is 0 Å². The Labute approximate surface area is 115 Å². The van der Waals surface area contributed by atoms with Crippen LogP contribution in [0.1, 0.15) is 13.8 Å². The van der Waals surface area contributed by atoms with Crippen molar-refractivity contribution in [3.63, 3.8) is 0 Å². The van der Waals surface area contributed by atoms with Crippen LogP contribution in [-0.2, 0) is 14.8 Å². The van der Waals surface area contributed by atoms with E-state index in [1.807, 2.05) is 18.7 Å². The molecule has 8 heteroatoms. The molecule has 0 aromatic carbocycles. The van der Waals surface area contributed by atoms with Gasteiger partial charge in [0, 0.05) is 26.2 Å². The number of nitrogens with zero attached hydrogens (tertiary/aromatic N) is 2. The molecule has 19 heavy (non-hydrogen) atoms. The molecule has 0 aromatic heterocycles. The number of nitrogens with one attached hydrogen (secondary N) is 1. The zero-order valence-electron chi connectivity index (χ0n) is 11.6. The molecule has 1 rings (SSSR count). The van der Waals surface area contributed by atoms with E-state index in [9.17, 15) is 8.42 Å². The molecule has 7 nitrogen and oxygen atoms in total. The van der Waals surface area contributed by atoms with Gasteiger partial charge in [-0.2, -0.15) is 4.31 Å². The highest BCUT2D eigenvalue weighted by atomic mass is 32.2. The standard InChI is InChI=1S/C11H24N4O3S/c1-10(2)18-7-8-19(16,17)15-5-3-14(4-6-15)9-11(12)13/h10H,3-9H2,1-2H3,(H3,12,13). The van der Waals surface area contributed by atoms with Gasteiger partial charge in [-0.15, -0.1) is 0 Å². The average Bonchev–Trinajstić information content (AvgIpc) is 2.28. The highest BCUT2D eigenvalue weighted by molar-refractivity contribution is 7.89. The van der Waals surface area contributed by atoms with Crippen molar-refractivity contribution in [1.82, 2.24) is 9.21 Å². The van der Waals surface area contributed by atoms with Gasteiger partial charge in [-0.1, -0.05) is 0 Å². The maximum Gasteiger partial charge on any atom is 0.216 e. The van der Waals surface area contributed by atoms with Crippen LogP contribution in [0.25, 0.3) is 0 Å². The molecule has 0 aliphatic carbocycles. The lowest BCUT2D eigenvalue weighted by atomic mass is 10.3. The maximum atomic E-state index is 12.1. The van der Waals surface area contributed by atoms with Gasteiger partial charge in [0.15, 0.2) is 0 Å². The fourth-order valence-electron chi connectivity index (χ4n) is 1.92. The summed E-state index contributed by atoms with van der Waals surface area (Å²) in [6.07, 6.45) is 0.0441. The molecule has 0 unspecified atom stereocenters. The van der Waals surface area contributed by atoms with E-state index >= 15 is 0 Å². The maximum absolute atomic E-state index is 12.1. The molecule has 1 fully saturated rings. The number of hydrogen-bond donors (Lipinski definition) is 2. The first-order valence-corrected chi connectivity index (χ1v) is 8.07. The normalized spacial score (nSPS) is 18.9. The van der Waals surface area contributed by atoms with Crippen molar-refractivity contribution < 1.29 is 13.2 Å². The van der Waals surface area contributed by atoms with E-state index in [2.05, 4.69) is 0 Å². The van der Waals surface area contributed by atoms with Crippen LogP contribution in [0.4, 0.5) is 0 Å². The number of piperazine rings is 1. The third-order valence-corrected chi connectivity index (χ3v) is 4.75. The molecule has 1 heterocycles. The fraction of sp³-hybridized carbons (Fsp3) is 0.909. The Kier molecular flexibility index (Phi) is 6.18. The van der Waals surface area contributed by atoms with Gasteiger partial charge in [-0.3, -0.25) is 10.3 Å². The molecule has 0 atom stereocenters. The summed E-state index contributed by atoms with van der Waals surface area (Å²) in [6, 6.07) is 0. The van der Waals surface area contributed by atoms with E-state index < -0.39 is 10.0 Å². The molecular formula is C11H24N4O3S. The van der Waals surface area contributed by atoms with Crippen LogP contribution in [0.5, 0.6) is 0 Å². The van der Waals surface area contributed by atoms with Crippen molar-refractivity contribution in [3.8, 4) is 0 Å². The minimum absolute atomic E-state index is 0.0257. The van der Waals surface area contributed by atoms with Crippen LogP contribution in [0.3, 0.4) is 0 Å². The molecule has 1 aliphatic rings. The van der Waals surface area contributed by atoms with E-state index in [-0.39, 0.29) is 24.3 Å². The highest BCUT2D eigenvalue weighted by Gasteiger charge is 2.26. The Morgan fingerprint density at radius 1 is 1.32 bits per heavy atom. The van der Waals surface area contributed by atoms with Gasteiger partial charge in [0.2, 0.25) is 10.0 Å². The first kappa shape index (κ1) is 16.4. The molecule has 1 aliphatic heterocycles. The summed E-state index contributed by atoms with van der Waals surface area (Å²) in [5.74, 6) is 0.138. The van der Waals surface area contributed by atoms with E-state index in [0.717, 1.165) is 0 Å². The quantitative estimate of drug-likeness (QED) is 0.477. The Balaban J connectivity index is 2.38. The van der Waals surface area contributed by atoms with Crippen LogP contribution in [0, 0.1) is 5.41 Å². The minimum atomic E-state index is -3.23. The highest BCUT2D eigenvalue weighted by Crippen LogP contribution is 2.08. The van der Waals surface area contributed by atoms with Gasteiger partial charge in [0.05, 0.1) is 25.0 Å². The summed E-state index contributed by atoms with van der Waals surface area (Å²) in [4.78, 5) is 1.99. The predicted octanol–water partition coefficient (Wildman–Crippen LogP) is -0.705. The molecular weight excluding hydrogens is 268 g/mol. The van der Waals surface area contributed by atoms with E-state index in [1.54, 1.807) is 0 Å². The summed E-state index contributed by atoms with van der Waals surface area (Å²) in [7, 11) is -3.23. The van der Waals surface area contributed by atoms with Gasteiger partial charge >= 0.3 is 0 Å². The van der Waals surface area contributed by atoms with Crippen LogP contribution in [0.2, 0.25) is 0 Å². The summed E-state index contributed by atoms with van der Waals surface area (Å²) in [5, 5.41) is 7.22. The Morgan fingerprint density at radius 2 is 1.89 bits per heavy atom. The molecule has 0 saturated carbocycles. The molecule has 0 amide bonds. The van der Waals surface area contributed by atoms with Crippen LogP contribution < -0.4 is 5.73 Å². The van der Waals surface area contributed by atoms with Gasteiger partial charge in [-0.25, -0.2) is 8.42 Å². The first-order chi connectivity index (χ1) is 8.81. The van der Waals surface area contributed by atoms with Crippen molar-refractivity contribution in [2.45, 2.75) is 20.0 Å². The van der Waals surface area contributed by atoms with Gasteiger partial charge < -0.3 is 10.5 Å². The third-order valence-electron chi connectivity index (χ3n) is 2.91. The van der Waals surface area contributed by atoms with Crippen molar-refractivity contribution in [3.05, 3.63) is 0 Å². The molecule has 1 saturated heterocycles. The second-order valence-corrected chi connectivity index (χ2v) is 7.02. The number of ether oxygens (including phenoxy) is 1. The van der Waals surface area contributed by atoms with Gasteiger partial charge in [0.25, 0.3) is 0 Å². The molecule has 112 valence electrons. The summed E-state index contributed by atoms with van der Waals surface area (Å²) < 4.78 is 30.9. The lowest BCUT2D eigenvalue weighted by Crippen LogP contribution is -2.51. The SMILES string of the molecule is CC(C)OCCS(=O)(=O)N1CCN(CC(=N)N)CC1. The molecule has 0 bridgehead atoms. The lowest BCUT2D eigenvalue weighted by Gasteiger charge is -2.33. The first-order valence-electron chi connectivity index (χ1n) is 6.46. The molecule has 0 spiro atoms. The number of amidine groups is 1. The number of sulfonamides is 1. The zero-order valence-corrected chi connectivity index (χ0v) is 12.4. The largest absolute Gasteiger partial charge is 0.387 e. The van der Waals surface area contributed by atoms with Gasteiger partial charge in [-0.05, 0) is 13.8 Å². The fourth-order valence-corrected chi connectivity index (χ4v) is 3.21. The van der Waals surface area contributed by atoms with E-state index in [4.69, 9.17) is 15.9 Å². The van der Waals surface area contributed by atoms with Crippen LogP contribution >= 0.6 is 0 Å². The topological polar surface area (TPSA) is 99.7 Å². The second kappa shape index (κ2) is 7.18. The van der Waals surface area contributed by atoms with E-state index in [0.29, 0.717) is 32.7 Å². The van der Waals surface area contributed by atoms with Crippen LogP contribution in [-0.4, -0.2) is 74.6 Å². The monoisotopic (exact) mass is 292 g/mol. The summed E-state index contributed by atoms with van der Waals surface area (Å²) >= 11 is 0. The third kappa shape index (κ3) is 5.85. The Bertz CT molecular complexity index is 389. The van der Waals surface area contributed by atoms with Crippen molar-refractivity contribution in [2.24, 2.45) is 5.73 Å². The van der Waals surface area contributed by atoms with Crippen molar-refractivity contribution in [1.29, 1.82) is 5.41 Å².